The van der Waals surface area contributed by atoms with Crippen LogP contribution in [-0.2, 0) is 9.53 Å². The SMILES string of the molecule is COC(=O)c1cccc(NC(=O)CNc2ccccc2OC)c1. The predicted octanol–water partition coefficient (Wildman–Crippen LogP) is 2.53. The van der Waals surface area contributed by atoms with Crippen LogP contribution in [0.4, 0.5) is 11.4 Å². The Morgan fingerprint density at radius 2 is 1.83 bits per heavy atom. The summed E-state index contributed by atoms with van der Waals surface area (Å²) in [6, 6.07) is 13.9. The first kappa shape index (κ1) is 16.4. The fourth-order valence-corrected chi connectivity index (χ4v) is 2.01. The number of hydrogen-bond donors (Lipinski definition) is 2. The maximum Gasteiger partial charge on any atom is 0.337 e. The van der Waals surface area contributed by atoms with Crippen LogP contribution in [-0.4, -0.2) is 32.6 Å². The van der Waals surface area contributed by atoms with Gasteiger partial charge in [0, 0.05) is 5.69 Å². The van der Waals surface area contributed by atoms with Gasteiger partial charge >= 0.3 is 5.97 Å². The molecule has 0 aliphatic rings. The van der Waals surface area contributed by atoms with E-state index in [1.807, 2.05) is 18.2 Å². The highest BCUT2D eigenvalue weighted by atomic mass is 16.5. The molecule has 120 valence electrons. The van der Waals surface area contributed by atoms with Crippen LogP contribution in [0.15, 0.2) is 48.5 Å². The van der Waals surface area contributed by atoms with Gasteiger partial charge in [0.1, 0.15) is 5.75 Å². The average Bonchev–Trinajstić information content (AvgIpc) is 2.59. The highest BCUT2D eigenvalue weighted by molar-refractivity contribution is 5.96. The largest absolute Gasteiger partial charge is 0.495 e. The van der Waals surface area contributed by atoms with Crippen LogP contribution in [0.3, 0.4) is 0 Å². The van der Waals surface area contributed by atoms with Gasteiger partial charge in [0.25, 0.3) is 0 Å². The van der Waals surface area contributed by atoms with E-state index >= 15 is 0 Å². The molecule has 0 spiro atoms. The van der Waals surface area contributed by atoms with Gasteiger partial charge < -0.3 is 20.1 Å². The quantitative estimate of drug-likeness (QED) is 0.801. The zero-order valence-electron chi connectivity index (χ0n) is 13.0. The molecule has 0 aliphatic carbocycles. The Balaban J connectivity index is 1.96. The summed E-state index contributed by atoms with van der Waals surface area (Å²) in [6.45, 7) is 0.0722. The number of carbonyl (C=O) groups is 2. The molecule has 2 N–H and O–H groups in total. The van der Waals surface area contributed by atoms with Crippen LogP contribution < -0.4 is 15.4 Å². The van der Waals surface area contributed by atoms with Crippen molar-refractivity contribution in [1.82, 2.24) is 0 Å². The third kappa shape index (κ3) is 4.47. The second kappa shape index (κ2) is 7.84. The van der Waals surface area contributed by atoms with E-state index in [1.54, 1.807) is 37.4 Å². The Labute approximate surface area is 134 Å². The smallest absolute Gasteiger partial charge is 0.337 e. The van der Waals surface area contributed by atoms with Gasteiger partial charge in [0.15, 0.2) is 0 Å². The normalized spacial score (nSPS) is 9.83. The number of methoxy groups -OCH3 is 2. The van der Waals surface area contributed by atoms with Crippen molar-refractivity contribution in [3.05, 3.63) is 54.1 Å². The van der Waals surface area contributed by atoms with Crippen LogP contribution in [0.25, 0.3) is 0 Å². The van der Waals surface area contributed by atoms with E-state index in [2.05, 4.69) is 15.4 Å². The van der Waals surface area contributed by atoms with E-state index < -0.39 is 5.97 Å². The number of nitrogens with one attached hydrogen (secondary N) is 2. The van der Waals surface area contributed by atoms with Crippen molar-refractivity contribution in [3.8, 4) is 5.75 Å². The van der Waals surface area contributed by atoms with Gasteiger partial charge in [-0.1, -0.05) is 18.2 Å². The first-order valence-electron chi connectivity index (χ1n) is 6.99. The number of amides is 1. The average molecular weight is 314 g/mol. The summed E-state index contributed by atoms with van der Waals surface area (Å²) in [4.78, 5) is 23.5. The van der Waals surface area contributed by atoms with E-state index in [0.29, 0.717) is 17.0 Å². The van der Waals surface area contributed by atoms with Gasteiger partial charge in [-0.05, 0) is 30.3 Å². The van der Waals surface area contributed by atoms with Gasteiger partial charge in [0.2, 0.25) is 5.91 Å². The minimum atomic E-state index is -0.451. The van der Waals surface area contributed by atoms with Crippen LogP contribution in [0.1, 0.15) is 10.4 Å². The highest BCUT2D eigenvalue weighted by Crippen LogP contribution is 2.22. The third-order valence-corrected chi connectivity index (χ3v) is 3.11. The fraction of sp³-hybridized carbons (Fsp3) is 0.176. The lowest BCUT2D eigenvalue weighted by Gasteiger charge is -2.11. The van der Waals surface area contributed by atoms with Crippen molar-refractivity contribution in [2.75, 3.05) is 31.4 Å². The molecule has 2 rings (SSSR count). The maximum absolute atomic E-state index is 12.0. The van der Waals surface area contributed by atoms with E-state index in [4.69, 9.17) is 4.74 Å². The van der Waals surface area contributed by atoms with Crippen molar-refractivity contribution in [1.29, 1.82) is 0 Å². The maximum atomic E-state index is 12.0. The lowest BCUT2D eigenvalue weighted by atomic mass is 10.2. The van der Waals surface area contributed by atoms with Gasteiger partial charge in [-0.15, -0.1) is 0 Å². The first-order valence-corrected chi connectivity index (χ1v) is 6.99. The number of ether oxygens (including phenoxy) is 2. The molecule has 1 amide bonds. The van der Waals surface area contributed by atoms with Crippen molar-refractivity contribution >= 4 is 23.3 Å². The predicted molar refractivity (Wildman–Crippen MR) is 87.9 cm³/mol. The summed E-state index contributed by atoms with van der Waals surface area (Å²) in [7, 11) is 2.88. The number of rotatable bonds is 6. The first-order chi connectivity index (χ1) is 11.1. The second-order valence-electron chi connectivity index (χ2n) is 4.67. The molecule has 23 heavy (non-hydrogen) atoms. The summed E-state index contributed by atoms with van der Waals surface area (Å²) >= 11 is 0. The Morgan fingerprint density at radius 1 is 1.04 bits per heavy atom. The van der Waals surface area contributed by atoms with Gasteiger partial charge in [-0.25, -0.2) is 4.79 Å². The van der Waals surface area contributed by atoms with Crippen LogP contribution in [0.5, 0.6) is 5.75 Å². The number of benzene rings is 2. The number of anilines is 2. The molecule has 0 heterocycles. The molecule has 0 atom stereocenters. The summed E-state index contributed by atoms with van der Waals surface area (Å²) < 4.78 is 9.85. The van der Waals surface area contributed by atoms with Crippen molar-refractivity contribution < 1.29 is 19.1 Å². The fourth-order valence-electron chi connectivity index (χ4n) is 2.01. The highest BCUT2D eigenvalue weighted by Gasteiger charge is 2.08. The number of hydrogen-bond acceptors (Lipinski definition) is 5. The number of carbonyl (C=O) groups excluding carboxylic acids is 2. The van der Waals surface area contributed by atoms with Crippen LogP contribution in [0, 0.1) is 0 Å². The lowest BCUT2D eigenvalue weighted by molar-refractivity contribution is -0.114. The summed E-state index contributed by atoms with van der Waals surface area (Å²) in [6.07, 6.45) is 0. The molecule has 0 saturated heterocycles. The Bertz CT molecular complexity index is 700. The van der Waals surface area contributed by atoms with Crippen molar-refractivity contribution in [2.45, 2.75) is 0 Å². The van der Waals surface area contributed by atoms with Gasteiger partial charge in [0.05, 0.1) is 32.0 Å². The molecular formula is C17H18N2O4. The minimum absolute atomic E-state index is 0.0722. The van der Waals surface area contributed by atoms with Gasteiger partial charge in [-0.2, -0.15) is 0 Å². The molecule has 0 bridgehead atoms. The lowest BCUT2D eigenvalue weighted by Crippen LogP contribution is -2.22. The van der Waals surface area contributed by atoms with Crippen molar-refractivity contribution in [3.63, 3.8) is 0 Å². The Morgan fingerprint density at radius 3 is 2.57 bits per heavy atom. The zero-order valence-corrected chi connectivity index (χ0v) is 13.0. The standard InChI is InChI=1S/C17H18N2O4/c1-22-15-9-4-3-8-14(15)18-11-16(20)19-13-7-5-6-12(10-13)17(21)23-2/h3-10,18H,11H2,1-2H3,(H,19,20). The minimum Gasteiger partial charge on any atom is -0.495 e. The molecule has 2 aromatic rings. The molecule has 0 aromatic heterocycles. The van der Waals surface area contributed by atoms with E-state index in [9.17, 15) is 9.59 Å². The number of esters is 1. The molecule has 0 aliphatic heterocycles. The molecular weight excluding hydrogens is 296 g/mol. The Kier molecular flexibility index (Phi) is 5.57. The van der Waals surface area contributed by atoms with Crippen molar-refractivity contribution in [2.24, 2.45) is 0 Å². The molecule has 0 fully saturated rings. The van der Waals surface area contributed by atoms with E-state index in [-0.39, 0.29) is 12.5 Å². The Hall–Kier alpha value is -3.02. The van der Waals surface area contributed by atoms with Crippen LogP contribution in [0.2, 0.25) is 0 Å². The summed E-state index contributed by atoms with van der Waals surface area (Å²) in [5.74, 6) is -0.0286. The molecule has 6 nitrogen and oxygen atoms in total. The molecule has 2 aromatic carbocycles. The van der Waals surface area contributed by atoms with E-state index in [0.717, 1.165) is 5.69 Å². The third-order valence-electron chi connectivity index (χ3n) is 3.11. The molecule has 0 saturated carbocycles. The monoisotopic (exact) mass is 314 g/mol. The second-order valence-corrected chi connectivity index (χ2v) is 4.67. The van der Waals surface area contributed by atoms with Gasteiger partial charge in [-0.3, -0.25) is 4.79 Å². The van der Waals surface area contributed by atoms with Crippen LogP contribution >= 0.6 is 0 Å². The molecule has 0 unspecified atom stereocenters. The topological polar surface area (TPSA) is 76.7 Å². The zero-order chi connectivity index (χ0) is 16.7. The van der Waals surface area contributed by atoms with E-state index in [1.165, 1.54) is 7.11 Å². The molecule has 0 radical (unpaired) electrons. The molecule has 6 heteroatoms. The summed E-state index contributed by atoms with van der Waals surface area (Å²) in [5, 5.41) is 5.72. The number of para-hydroxylation sites is 2. The summed E-state index contributed by atoms with van der Waals surface area (Å²) in [5.41, 5.74) is 1.64.